The third kappa shape index (κ3) is 6.14. The molecule has 6 nitrogen and oxygen atoms in total. The van der Waals surface area contributed by atoms with E-state index in [1.807, 2.05) is 12.1 Å². The number of rotatable bonds is 4. The van der Waals surface area contributed by atoms with Crippen LogP contribution in [-0.2, 0) is 4.79 Å². The highest BCUT2D eigenvalue weighted by Crippen LogP contribution is 2.29. The Kier molecular flexibility index (Phi) is 8.89. The van der Waals surface area contributed by atoms with Gasteiger partial charge in [0.25, 0.3) is 6.01 Å². The largest absolute Gasteiger partial charge is 0.423 e. The summed E-state index contributed by atoms with van der Waals surface area (Å²) in [5, 5.41) is 3.84. The molecule has 1 aromatic heterocycles. The van der Waals surface area contributed by atoms with E-state index < -0.39 is 0 Å². The van der Waals surface area contributed by atoms with E-state index in [0.717, 1.165) is 57.1 Å². The number of fused-ring (bicyclic) bond motifs is 1. The number of piperidine rings is 1. The molecule has 1 aromatic carbocycles. The van der Waals surface area contributed by atoms with E-state index in [1.165, 1.54) is 0 Å². The topological polar surface area (TPSA) is 84.4 Å². The number of nitrogens with zero attached hydrogens (tertiary/aromatic N) is 2. The van der Waals surface area contributed by atoms with Crippen molar-refractivity contribution in [1.82, 2.24) is 10.3 Å². The van der Waals surface area contributed by atoms with E-state index in [-0.39, 0.29) is 30.7 Å². The molecule has 0 spiro atoms. The Morgan fingerprint density at radius 3 is 2.76 bits per heavy atom. The molecule has 1 unspecified atom stereocenters. The lowest BCUT2D eigenvalue weighted by atomic mass is 9.91. The van der Waals surface area contributed by atoms with Crippen molar-refractivity contribution in [3.63, 3.8) is 0 Å². The third-order valence-corrected chi connectivity index (χ3v) is 5.97. The third-order valence-electron chi connectivity index (χ3n) is 5.74. The number of amides is 1. The molecule has 2 aliphatic rings. The van der Waals surface area contributed by atoms with Crippen LogP contribution in [0.25, 0.3) is 11.1 Å². The highest BCUT2D eigenvalue weighted by molar-refractivity contribution is 6.31. The highest BCUT2D eigenvalue weighted by Gasteiger charge is 2.27. The quantitative estimate of drug-likeness (QED) is 0.705. The summed E-state index contributed by atoms with van der Waals surface area (Å²) < 4.78 is 5.89. The Hall–Kier alpha value is -1.21. The van der Waals surface area contributed by atoms with E-state index in [4.69, 9.17) is 21.8 Å². The summed E-state index contributed by atoms with van der Waals surface area (Å²) in [5.41, 5.74) is 7.46. The molecular formula is C20H29Cl3N4O2. The zero-order chi connectivity index (χ0) is 18.8. The second kappa shape index (κ2) is 10.7. The summed E-state index contributed by atoms with van der Waals surface area (Å²) >= 11 is 6.03. The van der Waals surface area contributed by atoms with Crippen LogP contribution in [0.5, 0.6) is 0 Å². The first-order valence-electron chi connectivity index (χ1n) is 9.93. The monoisotopic (exact) mass is 462 g/mol. The van der Waals surface area contributed by atoms with E-state index in [9.17, 15) is 4.79 Å². The summed E-state index contributed by atoms with van der Waals surface area (Å²) in [5.74, 6) is 0.481. The molecule has 0 radical (unpaired) electrons. The average Bonchev–Trinajstić information content (AvgIpc) is 3.07. The summed E-state index contributed by atoms with van der Waals surface area (Å²) in [6.45, 7) is 1.70. The number of aromatic nitrogens is 1. The molecule has 2 fully saturated rings. The number of benzene rings is 1. The number of hydrogen-bond acceptors (Lipinski definition) is 5. The fourth-order valence-corrected chi connectivity index (χ4v) is 4.40. The van der Waals surface area contributed by atoms with Crippen molar-refractivity contribution < 1.29 is 9.21 Å². The van der Waals surface area contributed by atoms with E-state index in [2.05, 4.69) is 15.2 Å². The number of nitrogens with one attached hydrogen (secondary N) is 1. The Morgan fingerprint density at radius 1 is 1.24 bits per heavy atom. The van der Waals surface area contributed by atoms with Crippen LogP contribution in [0, 0.1) is 5.92 Å². The molecule has 2 heterocycles. The van der Waals surface area contributed by atoms with Crippen molar-refractivity contribution in [2.24, 2.45) is 11.7 Å². The smallest absolute Gasteiger partial charge is 0.298 e. The van der Waals surface area contributed by atoms with Crippen LogP contribution in [-0.4, -0.2) is 36.1 Å². The van der Waals surface area contributed by atoms with Gasteiger partial charge in [-0.3, -0.25) is 4.79 Å². The lowest BCUT2D eigenvalue weighted by Crippen LogP contribution is -2.42. The standard InChI is InChI=1S/C20H27ClN4O2.2ClH/c21-14-3-8-17-18(11-14)27-20(24-17)25-9-1-2-13(12-25)10-19(26)23-16-6-4-15(22)5-7-16;;/h3,8,11,13,15-16H,1-2,4-7,9-10,12,22H2,(H,23,26);2*1H. The molecule has 162 valence electrons. The lowest BCUT2D eigenvalue weighted by Gasteiger charge is -2.32. The maximum Gasteiger partial charge on any atom is 0.298 e. The van der Waals surface area contributed by atoms with Crippen molar-refractivity contribution in [3.8, 4) is 0 Å². The second-order valence-electron chi connectivity index (χ2n) is 7.95. The zero-order valence-electron chi connectivity index (χ0n) is 16.3. The number of nitrogens with two attached hydrogens (primary N) is 1. The van der Waals surface area contributed by atoms with Gasteiger partial charge in [-0.25, -0.2) is 0 Å². The Morgan fingerprint density at radius 2 is 2.00 bits per heavy atom. The summed E-state index contributed by atoms with van der Waals surface area (Å²) in [6.07, 6.45) is 6.66. The lowest BCUT2D eigenvalue weighted by molar-refractivity contribution is -0.123. The van der Waals surface area contributed by atoms with Crippen LogP contribution in [0.3, 0.4) is 0 Å². The molecule has 1 saturated carbocycles. The van der Waals surface area contributed by atoms with Crippen molar-refractivity contribution in [1.29, 1.82) is 0 Å². The number of anilines is 1. The maximum atomic E-state index is 12.5. The average molecular weight is 464 g/mol. The minimum Gasteiger partial charge on any atom is -0.423 e. The van der Waals surface area contributed by atoms with Gasteiger partial charge in [0.1, 0.15) is 5.52 Å². The molecule has 1 aliphatic heterocycles. The minimum absolute atomic E-state index is 0. The van der Waals surface area contributed by atoms with Crippen LogP contribution < -0.4 is 16.0 Å². The number of oxazole rings is 1. The van der Waals surface area contributed by atoms with Gasteiger partial charge in [0.05, 0.1) is 0 Å². The summed E-state index contributed by atoms with van der Waals surface area (Å²) in [4.78, 5) is 19.2. The number of carbonyl (C=O) groups is 1. The van der Waals surface area contributed by atoms with Crippen LogP contribution >= 0.6 is 36.4 Å². The van der Waals surface area contributed by atoms with Gasteiger partial charge in [0.15, 0.2) is 5.58 Å². The molecule has 2 aromatic rings. The summed E-state index contributed by atoms with van der Waals surface area (Å²) in [7, 11) is 0. The summed E-state index contributed by atoms with van der Waals surface area (Å²) in [6, 6.07) is 6.69. The Balaban J connectivity index is 0.00000150. The van der Waals surface area contributed by atoms with Gasteiger partial charge in [-0.1, -0.05) is 11.6 Å². The normalized spacial score (nSPS) is 24.5. The molecule has 29 heavy (non-hydrogen) atoms. The molecule has 1 aliphatic carbocycles. The minimum atomic E-state index is 0. The van der Waals surface area contributed by atoms with Gasteiger partial charge in [-0.05, 0) is 56.6 Å². The van der Waals surface area contributed by atoms with Crippen molar-refractivity contribution in [2.45, 2.75) is 57.0 Å². The molecule has 1 saturated heterocycles. The first kappa shape index (κ1) is 24.1. The maximum absolute atomic E-state index is 12.5. The van der Waals surface area contributed by atoms with Crippen molar-refractivity contribution in [2.75, 3.05) is 18.0 Å². The van der Waals surface area contributed by atoms with E-state index >= 15 is 0 Å². The molecule has 9 heteroatoms. The van der Waals surface area contributed by atoms with Crippen molar-refractivity contribution >= 4 is 59.4 Å². The van der Waals surface area contributed by atoms with Crippen LogP contribution in [0.15, 0.2) is 22.6 Å². The molecule has 3 N–H and O–H groups in total. The highest BCUT2D eigenvalue weighted by atomic mass is 35.5. The first-order chi connectivity index (χ1) is 13.1. The molecule has 1 atom stereocenters. The van der Waals surface area contributed by atoms with Gasteiger partial charge in [-0.15, -0.1) is 24.8 Å². The predicted molar refractivity (Wildman–Crippen MR) is 121 cm³/mol. The van der Waals surface area contributed by atoms with Crippen molar-refractivity contribution in [3.05, 3.63) is 23.2 Å². The van der Waals surface area contributed by atoms with Gasteiger partial charge >= 0.3 is 0 Å². The number of hydrogen-bond donors (Lipinski definition) is 2. The number of halogens is 3. The fourth-order valence-electron chi connectivity index (χ4n) is 4.24. The number of carbonyl (C=O) groups excluding carboxylic acids is 1. The first-order valence-corrected chi connectivity index (χ1v) is 10.3. The zero-order valence-corrected chi connectivity index (χ0v) is 18.7. The Bertz CT molecular complexity index is 808. The van der Waals surface area contributed by atoms with Crippen LogP contribution in [0.1, 0.15) is 44.9 Å². The van der Waals surface area contributed by atoms with E-state index in [1.54, 1.807) is 6.07 Å². The van der Waals surface area contributed by atoms with Gasteiger partial charge < -0.3 is 20.4 Å². The fraction of sp³-hybridized carbons (Fsp3) is 0.600. The predicted octanol–water partition coefficient (Wildman–Crippen LogP) is 4.32. The van der Waals surface area contributed by atoms with Gasteiger partial charge in [0.2, 0.25) is 5.91 Å². The molecule has 1 amide bonds. The van der Waals surface area contributed by atoms with Gasteiger partial charge in [0, 0.05) is 42.7 Å². The Labute approximate surface area is 188 Å². The van der Waals surface area contributed by atoms with E-state index in [0.29, 0.717) is 41.0 Å². The SMILES string of the molecule is Cl.Cl.NC1CCC(NC(=O)CC2CCCN(c3nc4ccc(Cl)cc4o3)C2)CC1. The van der Waals surface area contributed by atoms with Gasteiger partial charge in [-0.2, -0.15) is 4.98 Å². The molecule has 4 rings (SSSR count). The van der Waals surface area contributed by atoms with Crippen LogP contribution in [0.2, 0.25) is 5.02 Å². The van der Waals surface area contributed by atoms with Crippen LogP contribution in [0.4, 0.5) is 6.01 Å². The molecule has 0 bridgehead atoms. The molecular weight excluding hydrogens is 435 g/mol. The second-order valence-corrected chi connectivity index (χ2v) is 8.38.